The highest BCUT2D eigenvalue weighted by Crippen LogP contribution is 2.65. The lowest BCUT2D eigenvalue weighted by atomic mass is 9.77. The molecular weight excluding hydrogens is 300 g/mol. The standard InChI is InChI=1S/C21H16O3/c22-19(23)21(18-14-8-3-9-15-18)20(24-21,16-10-4-1-5-11-16)17-12-6-2-7-13-17/h1-15H,(H,22,23). The molecule has 0 aromatic heterocycles. The molecule has 1 aliphatic rings. The van der Waals surface area contributed by atoms with Gasteiger partial charge in [0.25, 0.3) is 0 Å². The predicted molar refractivity (Wildman–Crippen MR) is 90.5 cm³/mol. The molecule has 0 saturated carbocycles. The Morgan fingerprint density at radius 1 is 0.667 bits per heavy atom. The molecule has 1 heterocycles. The fraction of sp³-hybridized carbons (Fsp3) is 0.0952. The second-order valence-electron chi connectivity index (χ2n) is 5.87. The van der Waals surface area contributed by atoms with Crippen molar-refractivity contribution in [1.82, 2.24) is 0 Å². The van der Waals surface area contributed by atoms with Crippen LogP contribution in [-0.4, -0.2) is 11.1 Å². The average molecular weight is 316 g/mol. The Kier molecular flexibility index (Phi) is 3.25. The predicted octanol–water partition coefficient (Wildman–Crippen LogP) is 3.94. The van der Waals surface area contributed by atoms with Crippen molar-refractivity contribution in [2.24, 2.45) is 0 Å². The lowest BCUT2D eigenvalue weighted by Gasteiger charge is -2.19. The molecule has 1 unspecified atom stereocenters. The summed E-state index contributed by atoms with van der Waals surface area (Å²) in [5.41, 5.74) is -0.130. The minimum atomic E-state index is -1.42. The van der Waals surface area contributed by atoms with E-state index in [1.54, 1.807) is 0 Å². The molecule has 1 fully saturated rings. The number of ether oxygens (including phenoxy) is 1. The van der Waals surface area contributed by atoms with E-state index >= 15 is 0 Å². The van der Waals surface area contributed by atoms with Gasteiger partial charge in [-0.05, 0) is 16.7 Å². The van der Waals surface area contributed by atoms with Crippen LogP contribution < -0.4 is 0 Å². The highest BCUT2D eigenvalue weighted by molar-refractivity contribution is 5.87. The van der Waals surface area contributed by atoms with Crippen LogP contribution >= 0.6 is 0 Å². The Morgan fingerprint density at radius 3 is 1.42 bits per heavy atom. The first-order chi connectivity index (χ1) is 11.7. The second kappa shape index (κ2) is 5.32. The molecule has 0 radical (unpaired) electrons. The van der Waals surface area contributed by atoms with Gasteiger partial charge in [0.05, 0.1) is 0 Å². The molecular formula is C21H16O3. The smallest absolute Gasteiger partial charge is 0.344 e. The summed E-state index contributed by atoms with van der Waals surface area (Å²) in [7, 11) is 0. The number of hydrogen-bond acceptors (Lipinski definition) is 2. The highest BCUT2D eigenvalue weighted by Gasteiger charge is 2.77. The van der Waals surface area contributed by atoms with E-state index in [1.165, 1.54) is 0 Å². The van der Waals surface area contributed by atoms with Crippen molar-refractivity contribution < 1.29 is 14.6 Å². The van der Waals surface area contributed by atoms with Crippen LogP contribution in [0.15, 0.2) is 91.0 Å². The normalized spacial score (nSPS) is 21.2. The van der Waals surface area contributed by atoms with Gasteiger partial charge in [-0.25, -0.2) is 4.79 Å². The molecule has 118 valence electrons. The molecule has 0 bridgehead atoms. The Labute approximate surface area is 140 Å². The first-order valence-corrected chi connectivity index (χ1v) is 7.82. The molecule has 1 N–H and O–H groups in total. The largest absolute Gasteiger partial charge is 0.479 e. The molecule has 24 heavy (non-hydrogen) atoms. The summed E-state index contributed by atoms with van der Waals surface area (Å²) in [6.07, 6.45) is 0. The number of carboxylic acid groups (broad SMARTS) is 1. The summed E-state index contributed by atoms with van der Waals surface area (Å²) in [6.45, 7) is 0. The van der Waals surface area contributed by atoms with E-state index < -0.39 is 17.2 Å². The Hall–Kier alpha value is -2.91. The zero-order valence-corrected chi connectivity index (χ0v) is 12.9. The summed E-state index contributed by atoms with van der Waals surface area (Å²) in [4.78, 5) is 12.3. The van der Waals surface area contributed by atoms with Gasteiger partial charge in [-0.2, -0.15) is 0 Å². The maximum atomic E-state index is 12.3. The molecule has 0 aliphatic carbocycles. The van der Waals surface area contributed by atoms with Crippen molar-refractivity contribution >= 4 is 5.97 Å². The van der Waals surface area contributed by atoms with Gasteiger partial charge in [0.1, 0.15) is 0 Å². The van der Waals surface area contributed by atoms with Gasteiger partial charge in [0.15, 0.2) is 5.60 Å². The van der Waals surface area contributed by atoms with E-state index in [-0.39, 0.29) is 0 Å². The SMILES string of the molecule is O=C(O)C1(c2ccccc2)OC1(c1ccccc1)c1ccccc1. The molecule has 1 atom stereocenters. The van der Waals surface area contributed by atoms with Crippen molar-refractivity contribution in [3.63, 3.8) is 0 Å². The molecule has 3 nitrogen and oxygen atoms in total. The van der Waals surface area contributed by atoms with E-state index in [9.17, 15) is 9.90 Å². The summed E-state index contributed by atoms with van der Waals surface area (Å²) in [6, 6.07) is 28.3. The maximum absolute atomic E-state index is 12.3. The van der Waals surface area contributed by atoms with Crippen LogP contribution in [-0.2, 0) is 20.7 Å². The Morgan fingerprint density at radius 2 is 1.04 bits per heavy atom. The van der Waals surface area contributed by atoms with Gasteiger partial charge in [-0.1, -0.05) is 91.0 Å². The van der Waals surface area contributed by atoms with Crippen LogP contribution in [0, 0.1) is 0 Å². The van der Waals surface area contributed by atoms with Crippen LogP contribution in [0.5, 0.6) is 0 Å². The zero-order valence-electron chi connectivity index (χ0n) is 12.9. The quantitative estimate of drug-likeness (QED) is 0.742. The third-order valence-corrected chi connectivity index (χ3v) is 4.60. The molecule has 3 aromatic carbocycles. The number of carboxylic acids is 1. The van der Waals surface area contributed by atoms with Gasteiger partial charge in [-0.15, -0.1) is 0 Å². The maximum Gasteiger partial charge on any atom is 0.344 e. The third kappa shape index (κ3) is 1.85. The van der Waals surface area contributed by atoms with Crippen LogP contribution in [0.1, 0.15) is 16.7 Å². The number of hydrogen-bond donors (Lipinski definition) is 1. The monoisotopic (exact) mass is 316 g/mol. The molecule has 0 spiro atoms. The average Bonchev–Trinajstić information content (AvgIpc) is 3.37. The van der Waals surface area contributed by atoms with E-state index in [0.29, 0.717) is 5.56 Å². The topological polar surface area (TPSA) is 49.8 Å². The van der Waals surface area contributed by atoms with Crippen LogP contribution in [0.4, 0.5) is 0 Å². The van der Waals surface area contributed by atoms with E-state index in [1.807, 2.05) is 91.0 Å². The number of rotatable bonds is 4. The van der Waals surface area contributed by atoms with Crippen molar-refractivity contribution in [1.29, 1.82) is 0 Å². The Balaban J connectivity index is 1.99. The van der Waals surface area contributed by atoms with Gasteiger partial charge >= 0.3 is 5.97 Å². The minimum Gasteiger partial charge on any atom is -0.479 e. The van der Waals surface area contributed by atoms with Gasteiger partial charge in [0.2, 0.25) is 5.60 Å². The van der Waals surface area contributed by atoms with Crippen molar-refractivity contribution in [3.05, 3.63) is 108 Å². The zero-order chi connectivity index (χ0) is 16.6. The minimum absolute atomic E-state index is 0.644. The number of aliphatic carboxylic acids is 1. The number of epoxide rings is 1. The van der Waals surface area contributed by atoms with E-state index in [4.69, 9.17) is 4.74 Å². The van der Waals surface area contributed by atoms with Gasteiger partial charge < -0.3 is 9.84 Å². The second-order valence-corrected chi connectivity index (χ2v) is 5.87. The molecule has 0 amide bonds. The summed E-state index contributed by atoms with van der Waals surface area (Å²) >= 11 is 0. The lowest BCUT2D eigenvalue weighted by Crippen LogP contribution is -2.31. The summed E-state index contributed by atoms with van der Waals surface area (Å²) in [5.74, 6) is -0.985. The third-order valence-electron chi connectivity index (χ3n) is 4.60. The summed E-state index contributed by atoms with van der Waals surface area (Å²) < 4.78 is 6.11. The Bertz CT molecular complexity index is 820. The molecule has 3 heteroatoms. The fourth-order valence-corrected chi connectivity index (χ4v) is 3.49. The first kappa shape index (κ1) is 14.7. The number of benzene rings is 3. The van der Waals surface area contributed by atoms with Crippen LogP contribution in [0.3, 0.4) is 0 Å². The van der Waals surface area contributed by atoms with Crippen molar-refractivity contribution in [3.8, 4) is 0 Å². The van der Waals surface area contributed by atoms with Crippen LogP contribution in [0.2, 0.25) is 0 Å². The van der Waals surface area contributed by atoms with Crippen molar-refractivity contribution in [2.45, 2.75) is 11.2 Å². The molecule has 1 saturated heterocycles. The van der Waals surface area contributed by atoms with Crippen molar-refractivity contribution in [2.75, 3.05) is 0 Å². The van der Waals surface area contributed by atoms with E-state index in [2.05, 4.69) is 0 Å². The molecule has 4 rings (SSSR count). The lowest BCUT2D eigenvalue weighted by molar-refractivity contribution is -0.143. The number of carbonyl (C=O) groups is 1. The van der Waals surface area contributed by atoms with Gasteiger partial charge in [-0.3, -0.25) is 0 Å². The first-order valence-electron chi connectivity index (χ1n) is 7.82. The van der Waals surface area contributed by atoms with Crippen LogP contribution in [0.25, 0.3) is 0 Å². The fourth-order valence-electron chi connectivity index (χ4n) is 3.49. The highest BCUT2D eigenvalue weighted by atomic mass is 16.7. The summed E-state index contributed by atoms with van der Waals surface area (Å²) in [5, 5.41) is 10.1. The van der Waals surface area contributed by atoms with Gasteiger partial charge in [0, 0.05) is 0 Å². The van der Waals surface area contributed by atoms with E-state index in [0.717, 1.165) is 11.1 Å². The molecule has 1 aliphatic heterocycles. The molecule has 3 aromatic rings.